The van der Waals surface area contributed by atoms with E-state index in [2.05, 4.69) is 16.7 Å². The number of aromatic nitrogens is 4. The van der Waals surface area contributed by atoms with Crippen molar-refractivity contribution in [3.63, 3.8) is 0 Å². The fourth-order valence-corrected chi connectivity index (χ4v) is 3.92. The van der Waals surface area contributed by atoms with Gasteiger partial charge in [-0.25, -0.2) is 15.0 Å². The molecule has 0 atom stereocenters. The van der Waals surface area contributed by atoms with Gasteiger partial charge in [-0.15, -0.1) is 0 Å². The van der Waals surface area contributed by atoms with Crippen molar-refractivity contribution in [1.82, 2.24) is 19.5 Å². The maximum Gasteiger partial charge on any atom is 0.198 e. The van der Waals surface area contributed by atoms with Crippen LogP contribution in [0.3, 0.4) is 0 Å². The van der Waals surface area contributed by atoms with Crippen LogP contribution in [-0.2, 0) is 0 Å². The van der Waals surface area contributed by atoms with Gasteiger partial charge in [0.1, 0.15) is 11.6 Å². The van der Waals surface area contributed by atoms with Gasteiger partial charge >= 0.3 is 0 Å². The van der Waals surface area contributed by atoms with Crippen LogP contribution < -0.4 is 4.74 Å². The Bertz CT molecular complexity index is 1080. The summed E-state index contributed by atoms with van der Waals surface area (Å²) in [6.07, 6.45) is 4.85. The van der Waals surface area contributed by atoms with Gasteiger partial charge in [-0.05, 0) is 49.2 Å². The minimum Gasteiger partial charge on any atom is -0.497 e. The van der Waals surface area contributed by atoms with E-state index >= 15 is 0 Å². The lowest BCUT2D eigenvalue weighted by atomic mass is 10.1. The number of nitrogens with zero attached hydrogens (tertiary/aromatic N) is 4. The summed E-state index contributed by atoms with van der Waals surface area (Å²) in [5.41, 5.74) is 4.49. The molecular weight excluding hydrogens is 324 g/mol. The maximum atomic E-state index is 5.29. The molecular formula is C21H20N4O. The molecule has 0 saturated heterocycles. The largest absolute Gasteiger partial charge is 0.497 e. The third kappa shape index (κ3) is 2.43. The number of imidazole rings is 1. The van der Waals surface area contributed by atoms with Crippen molar-refractivity contribution in [2.75, 3.05) is 7.11 Å². The van der Waals surface area contributed by atoms with Crippen LogP contribution in [-0.4, -0.2) is 26.6 Å². The molecule has 2 aromatic heterocycles. The van der Waals surface area contributed by atoms with Gasteiger partial charge in [-0.2, -0.15) is 0 Å². The van der Waals surface area contributed by atoms with Crippen molar-refractivity contribution < 1.29 is 4.74 Å². The molecule has 130 valence electrons. The van der Waals surface area contributed by atoms with E-state index < -0.39 is 0 Å². The SMILES string of the molecule is COc1ccc(-c2nc3nc4ccccc4nc3n2C2CCCC2)cc1. The zero-order chi connectivity index (χ0) is 17.5. The van der Waals surface area contributed by atoms with E-state index in [9.17, 15) is 0 Å². The lowest BCUT2D eigenvalue weighted by molar-refractivity contribution is 0.415. The summed E-state index contributed by atoms with van der Waals surface area (Å²) in [5, 5.41) is 0. The van der Waals surface area contributed by atoms with Gasteiger partial charge < -0.3 is 9.30 Å². The van der Waals surface area contributed by atoms with Crippen molar-refractivity contribution >= 4 is 22.3 Å². The Morgan fingerprint density at radius 3 is 2.27 bits per heavy atom. The van der Waals surface area contributed by atoms with Crippen molar-refractivity contribution in [3.8, 4) is 17.1 Å². The van der Waals surface area contributed by atoms with Gasteiger partial charge in [0, 0.05) is 11.6 Å². The van der Waals surface area contributed by atoms with Gasteiger partial charge in [-0.3, -0.25) is 0 Å². The second-order valence-electron chi connectivity index (χ2n) is 6.83. The molecule has 1 fully saturated rings. The van der Waals surface area contributed by atoms with Crippen LogP contribution in [0, 0.1) is 0 Å². The van der Waals surface area contributed by atoms with Crippen molar-refractivity contribution in [2.24, 2.45) is 0 Å². The molecule has 1 aliphatic carbocycles. The van der Waals surface area contributed by atoms with E-state index in [1.807, 2.05) is 36.4 Å². The van der Waals surface area contributed by atoms with Crippen LogP contribution >= 0.6 is 0 Å². The van der Waals surface area contributed by atoms with Crippen LogP contribution in [0.4, 0.5) is 0 Å². The number of benzene rings is 2. The Labute approximate surface area is 151 Å². The lowest BCUT2D eigenvalue weighted by Gasteiger charge is -2.16. The Morgan fingerprint density at radius 1 is 0.885 bits per heavy atom. The Balaban J connectivity index is 1.77. The van der Waals surface area contributed by atoms with E-state index in [0.29, 0.717) is 6.04 Å². The average molecular weight is 344 g/mol. The first kappa shape index (κ1) is 15.3. The van der Waals surface area contributed by atoms with Crippen LogP contribution in [0.2, 0.25) is 0 Å². The maximum absolute atomic E-state index is 5.29. The monoisotopic (exact) mass is 344 g/mol. The minimum absolute atomic E-state index is 0.438. The summed E-state index contributed by atoms with van der Waals surface area (Å²) in [5.74, 6) is 1.80. The standard InChI is InChI=1S/C21H20N4O/c1-26-16-12-10-14(11-13-16)20-24-19-21(25(20)15-6-2-3-7-15)23-18-9-5-4-8-17(18)22-19/h4-5,8-13,15H,2-3,6-7H2,1H3. The van der Waals surface area contributed by atoms with E-state index in [1.165, 1.54) is 25.7 Å². The highest BCUT2D eigenvalue weighted by Crippen LogP contribution is 2.36. The molecule has 26 heavy (non-hydrogen) atoms. The lowest BCUT2D eigenvalue weighted by Crippen LogP contribution is -2.07. The smallest absolute Gasteiger partial charge is 0.198 e. The number of rotatable bonds is 3. The van der Waals surface area contributed by atoms with Gasteiger partial charge in [-0.1, -0.05) is 25.0 Å². The van der Waals surface area contributed by atoms with Crippen molar-refractivity contribution in [2.45, 2.75) is 31.7 Å². The molecule has 5 nitrogen and oxygen atoms in total. The molecule has 0 N–H and O–H groups in total. The average Bonchev–Trinajstić information content (AvgIpc) is 3.33. The highest BCUT2D eigenvalue weighted by atomic mass is 16.5. The summed E-state index contributed by atoms with van der Waals surface area (Å²) >= 11 is 0. The predicted octanol–water partition coefficient (Wildman–Crippen LogP) is 4.77. The highest BCUT2D eigenvalue weighted by molar-refractivity contribution is 5.85. The molecule has 2 aromatic carbocycles. The third-order valence-corrected chi connectivity index (χ3v) is 5.24. The summed E-state index contributed by atoms with van der Waals surface area (Å²) in [4.78, 5) is 14.6. The van der Waals surface area contributed by atoms with E-state index in [-0.39, 0.29) is 0 Å². The molecule has 0 aliphatic heterocycles. The molecule has 5 rings (SSSR count). The predicted molar refractivity (Wildman–Crippen MR) is 102 cm³/mol. The molecule has 0 spiro atoms. The normalized spacial score (nSPS) is 15.1. The fourth-order valence-electron chi connectivity index (χ4n) is 3.92. The number of para-hydroxylation sites is 2. The summed E-state index contributed by atoms with van der Waals surface area (Å²) in [6, 6.07) is 16.5. The zero-order valence-corrected chi connectivity index (χ0v) is 14.7. The second kappa shape index (κ2) is 6.09. The zero-order valence-electron chi connectivity index (χ0n) is 14.7. The van der Waals surface area contributed by atoms with Crippen LogP contribution in [0.5, 0.6) is 5.75 Å². The number of methoxy groups -OCH3 is 1. The number of fused-ring (bicyclic) bond motifs is 2. The number of hydrogen-bond donors (Lipinski definition) is 0. The molecule has 0 amide bonds. The Morgan fingerprint density at radius 2 is 1.58 bits per heavy atom. The van der Waals surface area contributed by atoms with Gasteiger partial charge in [0.25, 0.3) is 0 Å². The summed E-state index contributed by atoms with van der Waals surface area (Å²) in [6.45, 7) is 0. The fraction of sp³-hybridized carbons (Fsp3) is 0.286. The van der Waals surface area contributed by atoms with Crippen molar-refractivity contribution in [1.29, 1.82) is 0 Å². The summed E-state index contributed by atoms with van der Waals surface area (Å²) < 4.78 is 7.60. The first-order chi connectivity index (χ1) is 12.8. The molecule has 0 unspecified atom stereocenters. The van der Waals surface area contributed by atoms with Crippen LogP contribution in [0.15, 0.2) is 48.5 Å². The van der Waals surface area contributed by atoms with Crippen LogP contribution in [0.1, 0.15) is 31.7 Å². The molecule has 2 heterocycles. The minimum atomic E-state index is 0.438. The van der Waals surface area contributed by atoms with E-state index in [0.717, 1.165) is 39.5 Å². The van der Waals surface area contributed by atoms with E-state index in [1.54, 1.807) is 7.11 Å². The third-order valence-electron chi connectivity index (χ3n) is 5.24. The number of hydrogen-bond acceptors (Lipinski definition) is 4. The quantitative estimate of drug-likeness (QED) is 0.537. The van der Waals surface area contributed by atoms with Gasteiger partial charge in [0.2, 0.25) is 0 Å². The Kier molecular flexibility index (Phi) is 3.59. The molecule has 5 heteroatoms. The molecule has 4 aromatic rings. The van der Waals surface area contributed by atoms with Gasteiger partial charge in [0.05, 0.1) is 18.1 Å². The van der Waals surface area contributed by atoms with E-state index in [4.69, 9.17) is 19.7 Å². The second-order valence-corrected chi connectivity index (χ2v) is 6.83. The van der Waals surface area contributed by atoms with Crippen LogP contribution in [0.25, 0.3) is 33.7 Å². The highest BCUT2D eigenvalue weighted by Gasteiger charge is 2.25. The molecule has 0 bridgehead atoms. The molecule has 0 radical (unpaired) electrons. The Hall–Kier alpha value is -2.95. The topological polar surface area (TPSA) is 52.8 Å². The van der Waals surface area contributed by atoms with Crippen molar-refractivity contribution in [3.05, 3.63) is 48.5 Å². The van der Waals surface area contributed by atoms with Gasteiger partial charge in [0.15, 0.2) is 11.3 Å². The first-order valence-corrected chi connectivity index (χ1v) is 9.12. The number of ether oxygens (including phenoxy) is 1. The molecule has 1 aliphatic rings. The molecule has 1 saturated carbocycles. The first-order valence-electron chi connectivity index (χ1n) is 9.12. The summed E-state index contributed by atoms with van der Waals surface area (Å²) in [7, 11) is 1.68.